The molecule has 0 aromatic carbocycles. The van der Waals surface area contributed by atoms with Gasteiger partial charge in [-0.15, -0.1) is 0 Å². The second kappa shape index (κ2) is 5.86. The van der Waals surface area contributed by atoms with Crippen LogP contribution in [0.25, 0.3) is 0 Å². The fraction of sp³-hybridized carbons (Fsp3) is 1.00. The molecule has 0 aromatic rings. The summed E-state index contributed by atoms with van der Waals surface area (Å²) in [7, 11) is 2.08. The first kappa shape index (κ1) is 13.0. The minimum Gasteiger partial charge on any atom is -0.378 e. The SMILES string of the molecule is CCCC(O)N(C)C1CCC1CC(C)C. The van der Waals surface area contributed by atoms with E-state index < -0.39 is 0 Å². The van der Waals surface area contributed by atoms with Crippen molar-refractivity contribution in [1.29, 1.82) is 0 Å². The summed E-state index contributed by atoms with van der Waals surface area (Å²) in [6.45, 7) is 6.71. The van der Waals surface area contributed by atoms with E-state index in [0.717, 1.165) is 24.7 Å². The summed E-state index contributed by atoms with van der Waals surface area (Å²) >= 11 is 0. The highest BCUT2D eigenvalue weighted by Crippen LogP contribution is 2.36. The molecule has 1 aliphatic rings. The number of aliphatic hydroxyl groups is 1. The van der Waals surface area contributed by atoms with Gasteiger partial charge in [-0.05, 0) is 44.6 Å². The lowest BCUT2D eigenvalue weighted by atomic mass is 9.74. The van der Waals surface area contributed by atoms with E-state index in [4.69, 9.17) is 0 Å². The largest absolute Gasteiger partial charge is 0.378 e. The molecule has 0 spiro atoms. The fourth-order valence-corrected chi connectivity index (χ4v) is 2.65. The van der Waals surface area contributed by atoms with Gasteiger partial charge in [0.2, 0.25) is 0 Å². The molecule has 0 bridgehead atoms. The minimum atomic E-state index is -0.227. The first-order valence-electron chi connectivity index (χ1n) is 6.46. The molecular formula is C13H27NO. The summed E-state index contributed by atoms with van der Waals surface area (Å²) in [6.07, 6.45) is 5.68. The van der Waals surface area contributed by atoms with Crippen LogP contribution < -0.4 is 0 Å². The molecule has 0 aliphatic heterocycles. The second-order valence-electron chi connectivity index (χ2n) is 5.47. The maximum absolute atomic E-state index is 9.93. The molecule has 2 heteroatoms. The Morgan fingerprint density at radius 3 is 2.40 bits per heavy atom. The predicted molar refractivity (Wildman–Crippen MR) is 64.6 cm³/mol. The Balaban J connectivity index is 2.36. The number of rotatable bonds is 6. The van der Waals surface area contributed by atoms with Gasteiger partial charge in [-0.3, -0.25) is 4.90 Å². The molecule has 0 heterocycles. The summed E-state index contributed by atoms with van der Waals surface area (Å²) in [4.78, 5) is 2.19. The van der Waals surface area contributed by atoms with Gasteiger partial charge in [0, 0.05) is 6.04 Å². The molecule has 15 heavy (non-hydrogen) atoms. The molecule has 0 radical (unpaired) electrons. The first-order chi connectivity index (χ1) is 7.06. The summed E-state index contributed by atoms with van der Waals surface area (Å²) in [5, 5.41) is 9.93. The molecule has 90 valence electrons. The van der Waals surface area contributed by atoms with Crippen LogP contribution >= 0.6 is 0 Å². The highest BCUT2D eigenvalue weighted by molar-refractivity contribution is 4.88. The third-order valence-electron chi connectivity index (χ3n) is 3.69. The Morgan fingerprint density at radius 1 is 1.33 bits per heavy atom. The van der Waals surface area contributed by atoms with Crippen molar-refractivity contribution in [2.24, 2.45) is 11.8 Å². The summed E-state index contributed by atoms with van der Waals surface area (Å²) < 4.78 is 0. The van der Waals surface area contributed by atoms with Crippen LogP contribution in [0.1, 0.15) is 52.9 Å². The van der Waals surface area contributed by atoms with Crippen LogP contribution in [0.4, 0.5) is 0 Å². The summed E-state index contributed by atoms with van der Waals surface area (Å²) in [6, 6.07) is 0.633. The third kappa shape index (κ3) is 3.46. The normalized spacial score (nSPS) is 28.2. The molecular weight excluding hydrogens is 186 g/mol. The smallest absolute Gasteiger partial charge is 0.107 e. The van der Waals surface area contributed by atoms with Crippen molar-refractivity contribution in [3.05, 3.63) is 0 Å². The zero-order valence-corrected chi connectivity index (χ0v) is 10.7. The topological polar surface area (TPSA) is 23.5 Å². The molecule has 1 fully saturated rings. The van der Waals surface area contributed by atoms with Gasteiger partial charge < -0.3 is 5.11 Å². The Bertz CT molecular complexity index is 181. The molecule has 1 saturated carbocycles. The van der Waals surface area contributed by atoms with Crippen LogP contribution in [0.15, 0.2) is 0 Å². The van der Waals surface area contributed by atoms with Crippen molar-refractivity contribution in [3.63, 3.8) is 0 Å². The molecule has 0 amide bonds. The van der Waals surface area contributed by atoms with Gasteiger partial charge >= 0.3 is 0 Å². The van der Waals surface area contributed by atoms with Gasteiger partial charge in [-0.2, -0.15) is 0 Å². The second-order valence-corrected chi connectivity index (χ2v) is 5.47. The van der Waals surface area contributed by atoms with Gasteiger partial charge in [0.1, 0.15) is 6.23 Å². The molecule has 0 saturated heterocycles. The van der Waals surface area contributed by atoms with Crippen LogP contribution in [0.2, 0.25) is 0 Å². The number of aliphatic hydroxyl groups excluding tert-OH is 1. The van der Waals surface area contributed by atoms with Gasteiger partial charge in [-0.25, -0.2) is 0 Å². The van der Waals surface area contributed by atoms with Crippen LogP contribution in [0.3, 0.4) is 0 Å². The molecule has 0 aromatic heterocycles. The Morgan fingerprint density at radius 2 is 2.00 bits per heavy atom. The van der Waals surface area contributed by atoms with Crippen molar-refractivity contribution in [1.82, 2.24) is 4.90 Å². The highest BCUT2D eigenvalue weighted by atomic mass is 16.3. The molecule has 3 unspecified atom stereocenters. The van der Waals surface area contributed by atoms with Crippen LogP contribution in [-0.2, 0) is 0 Å². The van der Waals surface area contributed by atoms with Gasteiger partial charge in [0.05, 0.1) is 0 Å². The first-order valence-corrected chi connectivity index (χ1v) is 6.46. The Hall–Kier alpha value is -0.0800. The van der Waals surface area contributed by atoms with E-state index in [1.165, 1.54) is 19.3 Å². The summed E-state index contributed by atoms with van der Waals surface area (Å²) in [5.41, 5.74) is 0. The van der Waals surface area contributed by atoms with E-state index in [9.17, 15) is 5.11 Å². The molecule has 1 rings (SSSR count). The van der Waals surface area contributed by atoms with E-state index in [0.29, 0.717) is 6.04 Å². The van der Waals surface area contributed by atoms with Crippen molar-refractivity contribution in [3.8, 4) is 0 Å². The Labute approximate surface area is 94.7 Å². The van der Waals surface area contributed by atoms with E-state index >= 15 is 0 Å². The van der Waals surface area contributed by atoms with Crippen LogP contribution in [0, 0.1) is 11.8 Å². The number of hydrogen-bond donors (Lipinski definition) is 1. The lowest BCUT2D eigenvalue weighted by Gasteiger charge is -2.45. The van der Waals surface area contributed by atoms with Gasteiger partial charge in [0.25, 0.3) is 0 Å². The zero-order chi connectivity index (χ0) is 11.4. The quantitative estimate of drug-likeness (QED) is 0.686. The lowest BCUT2D eigenvalue weighted by molar-refractivity contribution is -0.0601. The van der Waals surface area contributed by atoms with E-state index in [1.807, 2.05) is 0 Å². The average Bonchev–Trinajstić information content (AvgIpc) is 2.12. The van der Waals surface area contributed by atoms with Crippen molar-refractivity contribution in [2.75, 3.05) is 7.05 Å². The molecule has 1 aliphatic carbocycles. The maximum Gasteiger partial charge on any atom is 0.107 e. The third-order valence-corrected chi connectivity index (χ3v) is 3.69. The van der Waals surface area contributed by atoms with Gasteiger partial charge in [-0.1, -0.05) is 27.2 Å². The number of hydrogen-bond acceptors (Lipinski definition) is 2. The zero-order valence-electron chi connectivity index (χ0n) is 10.7. The monoisotopic (exact) mass is 213 g/mol. The molecule has 1 N–H and O–H groups in total. The van der Waals surface area contributed by atoms with E-state index in [2.05, 4.69) is 32.7 Å². The average molecular weight is 213 g/mol. The van der Waals surface area contributed by atoms with Crippen molar-refractivity contribution >= 4 is 0 Å². The summed E-state index contributed by atoms with van der Waals surface area (Å²) in [5.74, 6) is 1.61. The Kier molecular flexibility index (Phi) is 5.07. The van der Waals surface area contributed by atoms with Gasteiger partial charge in [0.15, 0.2) is 0 Å². The predicted octanol–water partition coefficient (Wildman–Crippen LogP) is 2.86. The van der Waals surface area contributed by atoms with E-state index in [1.54, 1.807) is 0 Å². The lowest BCUT2D eigenvalue weighted by Crippen LogP contribution is -2.50. The molecule has 2 nitrogen and oxygen atoms in total. The van der Waals surface area contributed by atoms with Crippen LogP contribution in [-0.4, -0.2) is 29.3 Å². The minimum absolute atomic E-state index is 0.227. The van der Waals surface area contributed by atoms with E-state index in [-0.39, 0.29) is 6.23 Å². The standard InChI is InChI=1S/C13H27NO/c1-5-6-13(15)14(4)12-8-7-11(12)9-10(2)3/h10-13,15H,5-9H2,1-4H3. The highest BCUT2D eigenvalue weighted by Gasteiger charge is 2.35. The fourth-order valence-electron chi connectivity index (χ4n) is 2.65. The molecule has 3 atom stereocenters. The van der Waals surface area contributed by atoms with Crippen molar-refractivity contribution < 1.29 is 5.11 Å². The maximum atomic E-state index is 9.93. The van der Waals surface area contributed by atoms with Crippen LogP contribution in [0.5, 0.6) is 0 Å². The van der Waals surface area contributed by atoms with Crippen molar-refractivity contribution in [2.45, 2.75) is 65.1 Å². The number of nitrogens with zero attached hydrogens (tertiary/aromatic N) is 1.